The number of hydrogen-bond acceptors (Lipinski definition) is 2. The molecule has 1 N–H and O–H groups in total. The highest BCUT2D eigenvalue weighted by molar-refractivity contribution is 5.70. The second-order valence-electron chi connectivity index (χ2n) is 4.86. The van der Waals surface area contributed by atoms with Gasteiger partial charge in [0.2, 0.25) is 0 Å². The van der Waals surface area contributed by atoms with E-state index in [4.69, 9.17) is 5.11 Å². The minimum absolute atomic E-state index is 0.173. The fourth-order valence-electron chi connectivity index (χ4n) is 2.47. The third-order valence-corrected chi connectivity index (χ3v) is 3.57. The van der Waals surface area contributed by atoms with Crippen molar-refractivity contribution in [2.24, 2.45) is 5.92 Å². The molecule has 3 nitrogen and oxygen atoms in total. The van der Waals surface area contributed by atoms with E-state index >= 15 is 0 Å². The number of carboxylic acid groups (broad SMARTS) is 1. The monoisotopic (exact) mass is 233 g/mol. The van der Waals surface area contributed by atoms with Crippen LogP contribution in [-0.2, 0) is 11.2 Å². The molecule has 1 heterocycles. The van der Waals surface area contributed by atoms with Crippen LogP contribution < -0.4 is 0 Å². The van der Waals surface area contributed by atoms with Gasteiger partial charge in [-0.1, -0.05) is 30.3 Å². The van der Waals surface area contributed by atoms with E-state index in [-0.39, 0.29) is 5.92 Å². The topological polar surface area (TPSA) is 40.5 Å². The first-order valence-electron chi connectivity index (χ1n) is 6.17. The summed E-state index contributed by atoms with van der Waals surface area (Å²) in [6, 6.07) is 10.8. The Hall–Kier alpha value is -1.35. The summed E-state index contributed by atoms with van der Waals surface area (Å²) in [5.74, 6) is -0.826. The molecular weight excluding hydrogens is 214 g/mol. The molecule has 2 rings (SSSR count). The van der Waals surface area contributed by atoms with Gasteiger partial charge in [-0.3, -0.25) is 9.69 Å². The number of aliphatic carboxylic acids is 1. The molecule has 1 aliphatic rings. The summed E-state index contributed by atoms with van der Waals surface area (Å²) in [7, 11) is 0. The Morgan fingerprint density at radius 3 is 2.76 bits per heavy atom. The number of carboxylic acids is 1. The molecule has 0 aliphatic carbocycles. The minimum Gasteiger partial charge on any atom is -0.481 e. The van der Waals surface area contributed by atoms with E-state index in [1.807, 2.05) is 18.2 Å². The van der Waals surface area contributed by atoms with Crippen molar-refractivity contribution in [1.29, 1.82) is 0 Å². The molecule has 3 heteroatoms. The Morgan fingerprint density at radius 2 is 2.18 bits per heavy atom. The average molecular weight is 233 g/mol. The van der Waals surface area contributed by atoms with Crippen molar-refractivity contribution in [3.63, 3.8) is 0 Å². The highest BCUT2D eigenvalue weighted by Gasteiger charge is 2.30. The van der Waals surface area contributed by atoms with Crippen LogP contribution in [0, 0.1) is 5.92 Å². The van der Waals surface area contributed by atoms with Gasteiger partial charge in [0.25, 0.3) is 0 Å². The average Bonchev–Trinajstić information content (AvgIpc) is 2.79. The van der Waals surface area contributed by atoms with Gasteiger partial charge < -0.3 is 5.11 Å². The first-order chi connectivity index (χ1) is 8.16. The number of likely N-dealkylation sites (tertiary alicyclic amines) is 1. The molecule has 2 atom stereocenters. The molecule has 1 saturated heterocycles. The second-order valence-corrected chi connectivity index (χ2v) is 4.86. The highest BCUT2D eigenvalue weighted by Crippen LogP contribution is 2.20. The third kappa shape index (κ3) is 3.07. The van der Waals surface area contributed by atoms with E-state index in [9.17, 15) is 4.79 Å². The van der Waals surface area contributed by atoms with Crippen LogP contribution in [0.15, 0.2) is 30.3 Å². The van der Waals surface area contributed by atoms with Gasteiger partial charge in [0.15, 0.2) is 0 Å². The lowest BCUT2D eigenvalue weighted by Gasteiger charge is -2.24. The Labute approximate surface area is 102 Å². The van der Waals surface area contributed by atoms with E-state index < -0.39 is 5.97 Å². The van der Waals surface area contributed by atoms with Gasteiger partial charge in [-0.2, -0.15) is 0 Å². The van der Waals surface area contributed by atoms with Gasteiger partial charge in [-0.15, -0.1) is 0 Å². The first kappa shape index (κ1) is 12.1. The zero-order valence-electron chi connectivity index (χ0n) is 10.2. The number of nitrogens with zero attached hydrogens (tertiary/aromatic N) is 1. The van der Waals surface area contributed by atoms with Gasteiger partial charge in [0.05, 0.1) is 5.92 Å². The number of benzene rings is 1. The summed E-state index contributed by atoms with van der Waals surface area (Å²) in [5, 5.41) is 8.98. The molecule has 17 heavy (non-hydrogen) atoms. The number of carbonyl (C=O) groups is 1. The van der Waals surface area contributed by atoms with E-state index in [2.05, 4.69) is 24.0 Å². The van der Waals surface area contributed by atoms with Crippen LogP contribution >= 0.6 is 0 Å². The van der Waals surface area contributed by atoms with Crippen molar-refractivity contribution in [3.05, 3.63) is 35.9 Å². The van der Waals surface area contributed by atoms with E-state index in [0.717, 1.165) is 19.4 Å². The highest BCUT2D eigenvalue weighted by atomic mass is 16.4. The lowest BCUT2D eigenvalue weighted by molar-refractivity contribution is -0.141. The van der Waals surface area contributed by atoms with Gasteiger partial charge in [0.1, 0.15) is 0 Å². The summed E-state index contributed by atoms with van der Waals surface area (Å²) in [4.78, 5) is 13.2. The lowest BCUT2D eigenvalue weighted by Crippen LogP contribution is -2.33. The predicted molar refractivity (Wildman–Crippen MR) is 66.9 cm³/mol. The maximum atomic E-state index is 10.9. The van der Waals surface area contributed by atoms with Crippen LogP contribution in [0.4, 0.5) is 0 Å². The molecular formula is C14H19NO2. The molecule has 1 fully saturated rings. The fraction of sp³-hybridized carbons (Fsp3) is 0.500. The molecule has 1 aromatic carbocycles. The van der Waals surface area contributed by atoms with Gasteiger partial charge in [0, 0.05) is 12.6 Å². The second kappa shape index (κ2) is 5.32. The molecule has 0 radical (unpaired) electrons. The molecule has 0 bridgehead atoms. The van der Waals surface area contributed by atoms with Crippen molar-refractivity contribution >= 4 is 5.97 Å². The SMILES string of the molecule is C[C@@H](Cc1ccccc1)N1CC[C@H](C(=O)O)C1. The van der Waals surface area contributed by atoms with Crippen LogP contribution in [-0.4, -0.2) is 35.1 Å². The van der Waals surface area contributed by atoms with Crippen molar-refractivity contribution in [2.45, 2.75) is 25.8 Å². The number of hydrogen-bond donors (Lipinski definition) is 1. The molecule has 0 unspecified atom stereocenters. The Kier molecular flexibility index (Phi) is 3.79. The zero-order chi connectivity index (χ0) is 12.3. The van der Waals surface area contributed by atoms with Gasteiger partial charge in [-0.25, -0.2) is 0 Å². The molecule has 92 valence electrons. The predicted octanol–water partition coefficient (Wildman–Crippen LogP) is 2.02. The van der Waals surface area contributed by atoms with Crippen LogP contribution in [0.3, 0.4) is 0 Å². The van der Waals surface area contributed by atoms with Crippen LogP contribution in [0.2, 0.25) is 0 Å². The molecule has 0 aromatic heterocycles. The normalized spacial score (nSPS) is 22.5. The Morgan fingerprint density at radius 1 is 1.47 bits per heavy atom. The minimum atomic E-state index is -0.653. The molecule has 1 aromatic rings. The third-order valence-electron chi connectivity index (χ3n) is 3.57. The Bertz CT molecular complexity index is 377. The van der Waals surface area contributed by atoms with Gasteiger partial charge >= 0.3 is 5.97 Å². The fourth-order valence-corrected chi connectivity index (χ4v) is 2.47. The summed E-state index contributed by atoms with van der Waals surface area (Å²) < 4.78 is 0. The molecule has 1 aliphatic heterocycles. The maximum absolute atomic E-state index is 10.9. The standard InChI is InChI=1S/C14H19NO2/c1-11(9-12-5-3-2-4-6-12)15-8-7-13(10-15)14(16)17/h2-6,11,13H,7-10H2,1H3,(H,16,17)/t11-,13-/m0/s1. The quantitative estimate of drug-likeness (QED) is 0.865. The van der Waals surface area contributed by atoms with E-state index in [1.54, 1.807) is 0 Å². The summed E-state index contributed by atoms with van der Waals surface area (Å²) in [5.41, 5.74) is 1.32. The summed E-state index contributed by atoms with van der Waals surface area (Å²) in [6.45, 7) is 3.78. The summed E-state index contributed by atoms with van der Waals surface area (Å²) >= 11 is 0. The molecule has 0 amide bonds. The summed E-state index contributed by atoms with van der Waals surface area (Å²) in [6.07, 6.45) is 1.78. The zero-order valence-corrected chi connectivity index (χ0v) is 10.2. The van der Waals surface area contributed by atoms with Crippen LogP contribution in [0.25, 0.3) is 0 Å². The van der Waals surface area contributed by atoms with E-state index in [0.29, 0.717) is 12.6 Å². The van der Waals surface area contributed by atoms with Crippen LogP contribution in [0.1, 0.15) is 18.9 Å². The maximum Gasteiger partial charge on any atom is 0.307 e. The van der Waals surface area contributed by atoms with Gasteiger partial charge in [-0.05, 0) is 31.9 Å². The van der Waals surface area contributed by atoms with Crippen molar-refractivity contribution < 1.29 is 9.90 Å². The lowest BCUT2D eigenvalue weighted by atomic mass is 10.1. The van der Waals surface area contributed by atoms with E-state index in [1.165, 1.54) is 5.56 Å². The van der Waals surface area contributed by atoms with Crippen LogP contribution in [0.5, 0.6) is 0 Å². The van der Waals surface area contributed by atoms with Crippen molar-refractivity contribution in [2.75, 3.05) is 13.1 Å². The largest absolute Gasteiger partial charge is 0.481 e. The number of rotatable bonds is 4. The van der Waals surface area contributed by atoms with Crippen molar-refractivity contribution in [1.82, 2.24) is 4.90 Å². The van der Waals surface area contributed by atoms with Crippen molar-refractivity contribution in [3.8, 4) is 0 Å². The molecule has 0 spiro atoms. The smallest absolute Gasteiger partial charge is 0.307 e. The molecule has 0 saturated carbocycles. The first-order valence-corrected chi connectivity index (χ1v) is 6.17. The Balaban J connectivity index is 1.89.